The van der Waals surface area contributed by atoms with Gasteiger partial charge in [-0.3, -0.25) is 0 Å². The Morgan fingerprint density at radius 2 is 1.52 bits per heavy atom. The predicted octanol–water partition coefficient (Wildman–Crippen LogP) is 4.13. The summed E-state index contributed by atoms with van der Waals surface area (Å²) in [7, 11) is 0. The topological polar surface area (TPSA) is 61.3 Å². The molecule has 7 nitrogen and oxygen atoms in total. The first-order valence-corrected chi connectivity index (χ1v) is 11.0. The summed E-state index contributed by atoms with van der Waals surface area (Å²) in [6.07, 6.45) is -3.05. The highest BCUT2D eigenvalue weighted by molar-refractivity contribution is 5.59. The fourth-order valence-corrected chi connectivity index (χ4v) is 3.85. The van der Waals surface area contributed by atoms with E-state index in [4.69, 9.17) is 9.97 Å². The zero-order valence-electron chi connectivity index (χ0n) is 18.6. The molecule has 1 aliphatic heterocycles. The molecule has 0 saturated carbocycles. The third-order valence-corrected chi connectivity index (χ3v) is 5.64. The van der Waals surface area contributed by atoms with Crippen LogP contribution in [0.3, 0.4) is 0 Å². The van der Waals surface area contributed by atoms with Crippen molar-refractivity contribution in [1.29, 1.82) is 0 Å². The fraction of sp³-hybridized carbons (Fsp3) is 0.391. The van der Waals surface area contributed by atoms with Crippen LogP contribution in [0, 0.1) is 0 Å². The zero-order valence-corrected chi connectivity index (χ0v) is 18.6. The number of hydrogen-bond acceptors (Lipinski definition) is 7. The van der Waals surface area contributed by atoms with E-state index in [0.717, 1.165) is 24.7 Å². The number of benzene rings is 1. The van der Waals surface area contributed by atoms with Crippen LogP contribution in [0.4, 0.5) is 30.9 Å². The van der Waals surface area contributed by atoms with E-state index in [2.05, 4.69) is 14.9 Å². The molecule has 1 fully saturated rings. The van der Waals surface area contributed by atoms with Crippen LogP contribution in [-0.4, -0.2) is 59.2 Å². The minimum Gasteiger partial charge on any atom is -0.353 e. The van der Waals surface area contributed by atoms with Gasteiger partial charge in [-0.05, 0) is 26.0 Å². The van der Waals surface area contributed by atoms with Gasteiger partial charge in [0.25, 0.3) is 0 Å². The molecule has 3 heterocycles. The minimum atomic E-state index is -4.45. The van der Waals surface area contributed by atoms with Crippen molar-refractivity contribution in [3.05, 3.63) is 54.2 Å². The molecule has 0 atom stereocenters. The summed E-state index contributed by atoms with van der Waals surface area (Å²) in [5.74, 6) is 1.67. The van der Waals surface area contributed by atoms with Gasteiger partial charge < -0.3 is 14.7 Å². The lowest BCUT2D eigenvalue weighted by Crippen LogP contribution is -2.48. The van der Waals surface area contributed by atoms with Crippen molar-refractivity contribution < 1.29 is 13.2 Å². The number of halogens is 3. The van der Waals surface area contributed by atoms with Gasteiger partial charge in [0, 0.05) is 51.0 Å². The number of rotatable bonds is 6. The number of aromatic nitrogens is 4. The van der Waals surface area contributed by atoms with Gasteiger partial charge in [0.2, 0.25) is 11.9 Å². The van der Waals surface area contributed by atoms with E-state index in [-0.39, 0.29) is 5.82 Å². The largest absolute Gasteiger partial charge is 0.419 e. The molecule has 1 aromatic carbocycles. The van der Waals surface area contributed by atoms with E-state index in [9.17, 15) is 13.2 Å². The molecule has 1 saturated heterocycles. The molecule has 2 aromatic heterocycles. The van der Waals surface area contributed by atoms with Gasteiger partial charge in [0.15, 0.2) is 5.82 Å². The smallest absolute Gasteiger partial charge is 0.353 e. The second-order valence-electron chi connectivity index (χ2n) is 7.64. The Labute approximate surface area is 190 Å². The van der Waals surface area contributed by atoms with Gasteiger partial charge in [0.05, 0.1) is 5.56 Å². The molecular weight excluding hydrogens is 431 g/mol. The number of nitrogens with zero attached hydrogens (tertiary/aromatic N) is 7. The van der Waals surface area contributed by atoms with Crippen LogP contribution >= 0.6 is 0 Å². The van der Waals surface area contributed by atoms with E-state index in [0.29, 0.717) is 43.9 Å². The summed E-state index contributed by atoms with van der Waals surface area (Å²) >= 11 is 0. The monoisotopic (exact) mass is 457 g/mol. The summed E-state index contributed by atoms with van der Waals surface area (Å²) in [6.45, 7) is 7.30. The SMILES string of the molecule is CCN(CC)c1nc(-c2ccccc2)nc(N2CCN(c3ncccc3C(F)(F)F)CC2)n1. The first-order valence-electron chi connectivity index (χ1n) is 11.0. The Hall–Kier alpha value is -3.43. The maximum absolute atomic E-state index is 13.4. The highest BCUT2D eigenvalue weighted by atomic mass is 19.4. The normalized spacial score (nSPS) is 14.5. The highest BCUT2D eigenvalue weighted by Crippen LogP contribution is 2.35. The molecule has 33 heavy (non-hydrogen) atoms. The minimum absolute atomic E-state index is 0.0332. The van der Waals surface area contributed by atoms with Crippen molar-refractivity contribution in [3.8, 4) is 11.4 Å². The quantitative estimate of drug-likeness (QED) is 0.552. The summed E-state index contributed by atoms with van der Waals surface area (Å²) in [5, 5.41) is 0. The average Bonchev–Trinajstić information content (AvgIpc) is 2.85. The number of piperazine rings is 1. The third kappa shape index (κ3) is 4.99. The molecule has 0 radical (unpaired) electrons. The summed E-state index contributed by atoms with van der Waals surface area (Å²) in [5.41, 5.74) is 0.172. The number of alkyl halides is 3. The Morgan fingerprint density at radius 1 is 0.848 bits per heavy atom. The lowest BCUT2D eigenvalue weighted by Gasteiger charge is -2.36. The van der Waals surface area contributed by atoms with Crippen molar-refractivity contribution >= 4 is 17.7 Å². The molecule has 0 N–H and O–H groups in total. The first kappa shape index (κ1) is 22.8. The van der Waals surface area contributed by atoms with E-state index < -0.39 is 11.7 Å². The van der Waals surface area contributed by atoms with Gasteiger partial charge in [-0.2, -0.15) is 28.1 Å². The lowest BCUT2D eigenvalue weighted by atomic mass is 10.2. The Kier molecular flexibility index (Phi) is 6.62. The van der Waals surface area contributed by atoms with Crippen molar-refractivity contribution in [2.45, 2.75) is 20.0 Å². The molecule has 0 aliphatic carbocycles. The summed E-state index contributed by atoms with van der Waals surface area (Å²) < 4.78 is 40.3. The maximum Gasteiger partial charge on any atom is 0.419 e. The molecule has 10 heteroatoms. The molecule has 0 bridgehead atoms. The molecule has 4 rings (SSSR count). The molecule has 0 amide bonds. The van der Waals surface area contributed by atoms with E-state index in [1.807, 2.05) is 49.1 Å². The third-order valence-electron chi connectivity index (χ3n) is 5.64. The van der Waals surface area contributed by atoms with Gasteiger partial charge in [-0.15, -0.1) is 0 Å². The van der Waals surface area contributed by atoms with E-state index in [1.54, 1.807) is 4.90 Å². The van der Waals surface area contributed by atoms with Gasteiger partial charge in [0.1, 0.15) is 5.82 Å². The van der Waals surface area contributed by atoms with Crippen molar-refractivity contribution in [2.24, 2.45) is 0 Å². The number of anilines is 3. The first-order chi connectivity index (χ1) is 15.9. The van der Waals surface area contributed by atoms with Crippen LogP contribution in [0.2, 0.25) is 0 Å². The van der Waals surface area contributed by atoms with Crippen molar-refractivity contribution in [3.63, 3.8) is 0 Å². The molecule has 3 aromatic rings. The molecule has 0 unspecified atom stereocenters. The number of pyridine rings is 1. The van der Waals surface area contributed by atoms with Gasteiger partial charge in [-0.1, -0.05) is 30.3 Å². The molecule has 0 spiro atoms. The van der Waals surface area contributed by atoms with Crippen molar-refractivity contribution in [2.75, 3.05) is 54.0 Å². The van der Waals surface area contributed by atoms with Gasteiger partial charge in [-0.25, -0.2) is 4.98 Å². The summed E-state index contributed by atoms with van der Waals surface area (Å²) in [4.78, 5) is 23.8. The molecular formula is C23H26F3N7. The van der Waals surface area contributed by atoms with Crippen LogP contribution in [0.5, 0.6) is 0 Å². The number of hydrogen-bond donors (Lipinski definition) is 0. The highest BCUT2D eigenvalue weighted by Gasteiger charge is 2.36. The van der Waals surface area contributed by atoms with E-state index in [1.165, 1.54) is 12.3 Å². The predicted molar refractivity (Wildman–Crippen MR) is 122 cm³/mol. The Bertz CT molecular complexity index is 1060. The second-order valence-corrected chi connectivity index (χ2v) is 7.64. The molecule has 174 valence electrons. The van der Waals surface area contributed by atoms with Crippen LogP contribution in [0.1, 0.15) is 19.4 Å². The maximum atomic E-state index is 13.4. The Balaban J connectivity index is 1.60. The fourth-order valence-electron chi connectivity index (χ4n) is 3.85. The molecule has 1 aliphatic rings. The van der Waals surface area contributed by atoms with Crippen LogP contribution < -0.4 is 14.7 Å². The standard InChI is InChI=1S/C23H26F3N7/c1-3-31(4-2)21-28-19(17-9-6-5-7-10-17)29-22(30-21)33-15-13-32(14-16-33)20-18(23(24,25)26)11-8-12-27-20/h5-12H,3-4,13-16H2,1-2H3. The second kappa shape index (κ2) is 9.60. The average molecular weight is 458 g/mol. The van der Waals surface area contributed by atoms with Crippen molar-refractivity contribution in [1.82, 2.24) is 19.9 Å². The summed E-state index contributed by atoms with van der Waals surface area (Å²) in [6, 6.07) is 12.1. The lowest BCUT2D eigenvalue weighted by molar-refractivity contribution is -0.137. The zero-order chi connectivity index (χ0) is 23.4. The van der Waals surface area contributed by atoms with Gasteiger partial charge >= 0.3 is 6.18 Å². The Morgan fingerprint density at radius 3 is 2.15 bits per heavy atom. The van der Waals surface area contributed by atoms with Crippen LogP contribution in [-0.2, 0) is 6.18 Å². The van der Waals surface area contributed by atoms with Crippen LogP contribution in [0.25, 0.3) is 11.4 Å². The van der Waals surface area contributed by atoms with Crippen LogP contribution in [0.15, 0.2) is 48.7 Å². The van der Waals surface area contributed by atoms with E-state index >= 15 is 0 Å².